The van der Waals surface area contributed by atoms with Gasteiger partial charge in [0, 0.05) is 25.9 Å². The van der Waals surface area contributed by atoms with Gasteiger partial charge in [-0.2, -0.15) is 0 Å². The minimum atomic E-state index is -3.41. The monoisotopic (exact) mass is 236 g/mol. The normalized spacial score (nSPS) is 14.8. The van der Waals surface area contributed by atoms with Gasteiger partial charge in [0.25, 0.3) is 0 Å². The summed E-state index contributed by atoms with van der Waals surface area (Å²) in [5, 5.41) is 0. The highest BCUT2D eigenvalue weighted by atomic mass is 32.2. The van der Waals surface area contributed by atoms with E-state index in [0.29, 0.717) is 6.54 Å². The summed E-state index contributed by atoms with van der Waals surface area (Å²) in [5.41, 5.74) is 5.54. The van der Waals surface area contributed by atoms with Crippen molar-refractivity contribution in [1.82, 2.24) is 4.90 Å². The van der Waals surface area contributed by atoms with Crippen LogP contribution in [0.5, 0.6) is 0 Å². The van der Waals surface area contributed by atoms with Gasteiger partial charge in [-0.3, -0.25) is 4.79 Å². The molecule has 15 heavy (non-hydrogen) atoms. The van der Waals surface area contributed by atoms with Crippen molar-refractivity contribution in [2.24, 2.45) is 5.73 Å². The quantitative estimate of drug-likeness (QED) is 0.721. The Morgan fingerprint density at radius 1 is 1.47 bits per heavy atom. The van der Waals surface area contributed by atoms with Gasteiger partial charge < -0.3 is 10.6 Å². The minimum Gasteiger partial charge on any atom is -0.343 e. The summed E-state index contributed by atoms with van der Waals surface area (Å²) in [6.07, 6.45) is 1.06. The van der Waals surface area contributed by atoms with Crippen LogP contribution in [0.1, 0.15) is 20.8 Å². The van der Waals surface area contributed by atoms with E-state index in [1.54, 1.807) is 14.0 Å². The third kappa shape index (κ3) is 3.46. The van der Waals surface area contributed by atoms with Crippen LogP contribution >= 0.6 is 0 Å². The average molecular weight is 236 g/mol. The molecular weight excluding hydrogens is 216 g/mol. The Balaban J connectivity index is 4.87. The number of rotatable bonds is 4. The Morgan fingerprint density at radius 2 is 1.87 bits per heavy atom. The largest absolute Gasteiger partial charge is 0.343 e. The van der Waals surface area contributed by atoms with Crippen LogP contribution in [0.3, 0.4) is 0 Å². The van der Waals surface area contributed by atoms with Crippen LogP contribution < -0.4 is 5.73 Å². The summed E-state index contributed by atoms with van der Waals surface area (Å²) < 4.78 is 21.4. The van der Waals surface area contributed by atoms with Gasteiger partial charge in [0.15, 0.2) is 9.84 Å². The predicted molar refractivity (Wildman–Crippen MR) is 60.2 cm³/mol. The Bertz CT molecular complexity index is 333. The van der Waals surface area contributed by atoms with Crippen LogP contribution in [0.2, 0.25) is 0 Å². The van der Waals surface area contributed by atoms with Gasteiger partial charge in [0.05, 0.1) is 0 Å². The van der Waals surface area contributed by atoms with Crippen molar-refractivity contribution in [1.29, 1.82) is 0 Å². The molecule has 0 rings (SSSR count). The van der Waals surface area contributed by atoms with Gasteiger partial charge in [-0.25, -0.2) is 8.42 Å². The summed E-state index contributed by atoms with van der Waals surface area (Å²) in [7, 11) is -1.86. The number of carbonyl (C=O) groups excluding carboxylic acids is 1. The molecule has 0 aromatic rings. The van der Waals surface area contributed by atoms with Crippen molar-refractivity contribution < 1.29 is 13.2 Å². The highest BCUT2D eigenvalue weighted by molar-refractivity contribution is 7.92. The zero-order valence-corrected chi connectivity index (χ0v) is 10.8. The van der Waals surface area contributed by atoms with E-state index in [0.717, 1.165) is 6.26 Å². The van der Waals surface area contributed by atoms with Crippen molar-refractivity contribution >= 4 is 15.7 Å². The first-order valence-corrected chi connectivity index (χ1v) is 6.60. The van der Waals surface area contributed by atoms with Crippen molar-refractivity contribution in [2.75, 3.05) is 19.8 Å². The van der Waals surface area contributed by atoms with Gasteiger partial charge in [0.1, 0.15) is 4.75 Å². The number of carbonyl (C=O) groups is 1. The third-order valence-corrected chi connectivity index (χ3v) is 4.38. The molecule has 0 saturated heterocycles. The third-order valence-electron chi connectivity index (χ3n) is 2.35. The molecule has 0 aromatic heterocycles. The van der Waals surface area contributed by atoms with Crippen LogP contribution in [-0.4, -0.2) is 49.9 Å². The molecule has 0 aromatic carbocycles. The Labute approximate surface area is 91.5 Å². The molecule has 0 heterocycles. The van der Waals surface area contributed by atoms with Crippen molar-refractivity contribution in [3.8, 4) is 0 Å². The zero-order chi connectivity index (χ0) is 12.4. The SMILES string of the molecule is CC(N)CN(C)C(=O)C(C)(C)S(C)(=O)=O. The lowest BCUT2D eigenvalue weighted by Crippen LogP contribution is -2.50. The molecule has 0 aliphatic heterocycles. The maximum absolute atomic E-state index is 11.8. The number of likely N-dealkylation sites (N-methyl/N-ethyl adjacent to an activating group) is 1. The molecule has 0 radical (unpaired) electrons. The maximum atomic E-state index is 11.8. The summed E-state index contributed by atoms with van der Waals surface area (Å²) in [5.74, 6) is -0.428. The number of nitrogens with two attached hydrogens (primary N) is 1. The van der Waals surface area contributed by atoms with Gasteiger partial charge in [0.2, 0.25) is 5.91 Å². The van der Waals surface area contributed by atoms with E-state index in [9.17, 15) is 13.2 Å². The number of hydrogen-bond acceptors (Lipinski definition) is 4. The summed E-state index contributed by atoms with van der Waals surface area (Å²) in [4.78, 5) is 13.2. The molecule has 0 saturated carbocycles. The standard InChI is InChI=1S/C9H20N2O3S/c1-7(10)6-11(4)8(12)9(2,3)15(5,13)14/h7H,6,10H2,1-5H3. The van der Waals surface area contributed by atoms with Crippen LogP contribution in [0.15, 0.2) is 0 Å². The average Bonchev–Trinajstić information content (AvgIpc) is 1.99. The first kappa shape index (κ1) is 14.4. The molecule has 0 aliphatic rings. The van der Waals surface area contributed by atoms with E-state index in [2.05, 4.69) is 0 Å². The Morgan fingerprint density at radius 3 is 2.13 bits per heavy atom. The van der Waals surface area contributed by atoms with Gasteiger partial charge in [-0.15, -0.1) is 0 Å². The second kappa shape index (κ2) is 4.49. The molecule has 2 N–H and O–H groups in total. The zero-order valence-electron chi connectivity index (χ0n) is 9.94. The lowest BCUT2D eigenvalue weighted by atomic mass is 10.1. The smallest absolute Gasteiger partial charge is 0.243 e. The molecule has 6 heteroatoms. The van der Waals surface area contributed by atoms with Crippen molar-refractivity contribution in [3.05, 3.63) is 0 Å². The molecule has 0 fully saturated rings. The Kier molecular flexibility index (Phi) is 4.30. The summed E-state index contributed by atoms with van der Waals surface area (Å²) in [6, 6.07) is -0.172. The summed E-state index contributed by atoms with van der Waals surface area (Å²) >= 11 is 0. The summed E-state index contributed by atoms with van der Waals surface area (Å²) in [6.45, 7) is 4.92. The van der Waals surface area contributed by atoms with Crippen molar-refractivity contribution in [3.63, 3.8) is 0 Å². The number of sulfone groups is 1. The molecule has 5 nitrogen and oxygen atoms in total. The van der Waals surface area contributed by atoms with E-state index in [1.807, 2.05) is 0 Å². The first-order valence-electron chi connectivity index (χ1n) is 4.71. The van der Waals surface area contributed by atoms with Gasteiger partial charge in [-0.05, 0) is 20.8 Å². The minimum absolute atomic E-state index is 0.172. The van der Waals surface area contributed by atoms with E-state index in [-0.39, 0.29) is 6.04 Å². The second-order valence-corrected chi connectivity index (χ2v) is 7.01. The molecule has 0 aliphatic carbocycles. The first-order chi connectivity index (χ1) is 6.50. The fourth-order valence-corrected chi connectivity index (χ4v) is 1.61. The molecular formula is C9H20N2O3S. The molecule has 1 atom stereocenters. The van der Waals surface area contributed by atoms with E-state index in [4.69, 9.17) is 5.73 Å². The Hall–Kier alpha value is -0.620. The van der Waals surface area contributed by atoms with Gasteiger partial charge >= 0.3 is 0 Å². The van der Waals surface area contributed by atoms with E-state index >= 15 is 0 Å². The topological polar surface area (TPSA) is 80.5 Å². The van der Waals surface area contributed by atoms with Gasteiger partial charge in [-0.1, -0.05) is 0 Å². The lowest BCUT2D eigenvalue weighted by molar-refractivity contribution is -0.132. The van der Waals surface area contributed by atoms with Crippen LogP contribution in [0.25, 0.3) is 0 Å². The lowest BCUT2D eigenvalue weighted by Gasteiger charge is -2.28. The fraction of sp³-hybridized carbons (Fsp3) is 0.889. The highest BCUT2D eigenvalue weighted by Crippen LogP contribution is 2.17. The number of amides is 1. The predicted octanol–water partition coefficient (Wildman–Crippen LogP) is -0.385. The van der Waals surface area contributed by atoms with E-state index in [1.165, 1.54) is 18.7 Å². The molecule has 0 bridgehead atoms. The number of nitrogens with zero attached hydrogens (tertiary/aromatic N) is 1. The molecule has 1 unspecified atom stereocenters. The van der Waals surface area contributed by atoms with E-state index < -0.39 is 20.5 Å². The molecule has 0 spiro atoms. The van der Waals surface area contributed by atoms with Crippen LogP contribution in [-0.2, 0) is 14.6 Å². The fourth-order valence-electron chi connectivity index (χ4n) is 1.13. The van der Waals surface area contributed by atoms with Crippen molar-refractivity contribution in [2.45, 2.75) is 31.6 Å². The van der Waals surface area contributed by atoms with Crippen LogP contribution in [0, 0.1) is 0 Å². The number of hydrogen-bond donors (Lipinski definition) is 1. The van der Waals surface area contributed by atoms with Crippen LogP contribution in [0.4, 0.5) is 0 Å². The second-order valence-electron chi connectivity index (χ2n) is 4.45. The highest BCUT2D eigenvalue weighted by Gasteiger charge is 2.40. The molecule has 90 valence electrons. The molecule has 1 amide bonds. The maximum Gasteiger partial charge on any atom is 0.243 e.